The van der Waals surface area contributed by atoms with E-state index in [1.807, 2.05) is 13.0 Å². The van der Waals surface area contributed by atoms with Gasteiger partial charge in [-0.3, -0.25) is 4.90 Å². The number of nitrogens with one attached hydrogen (secondary N) is 1. The van der Waals surface area contributed by atoms with Crippen molar-refractivity contribution in [2.24, 2.45) is 0 Å². The van der Waals surface area contributed by atoms with E-state index in [0.29, 0.717) is 5.88 Å². The Hall–Kier alpha value is -1.40. The largest absolute Gasteiger partial charge is 0.481 e. The smallest absolute Gasteiger partial charge is 0.218 e. The maximum absolute atomic E-state index is 5.34. The highest BCUT2D eigenvalue weighted by Gasteiger charge is 2.09. The molecule has 2 heterocycles. The predicted molar refractivity (Wildman–Crippen MR) is 78.3 cm³/mol. The number of anilines is 1. The number of hydrogen-bond acceptors (Lipinski definition) is 6. The molecule has 0 radical (unpaired) electrons. The van der Waals surface area contributed by atoms with E-state index < -0.39 is 0 Å². The topological polar surface area (TPSA) is 59.5 Å². The van der Waals surface area contributed by atoms with Crippen molar-refractivity contribution in [1.29, 1.82) is 0 Å². The average molecular weight is 280 g/mol. The van der Waals surface area contributed by atoms with Gasteiger partial charge in [0.15, 0.2) is 0 Å². The van der Waals surface area contributed by atoms with E-state index in [0.717, 1.165) is 63.9 Å². The third-order valence-corrected chi connectivity index (χ3v) is 3.34. The molecule has 1 N–H and O–H groups in total. The first kappa shape index (κ1) is 15.0. The molecule has 0 aliphatic carbocycles. The highest BCUT2D eigenvalue weighted by Crippen LogP contribution is 2.13. The monoisotopic (exact) mass is 280 g/mol. The van der Waals surface area contributed by atoms with Crippen LogP contribution in [-0.4, -0.2) is 61.4 Å². The Bertz CT molecular complexity index is 386. The Morgan fingerprint density at radius 1 is 1.35 bits per heavy atom. The Morgan fingerprint density at radius 2 is 2.15 bits per heavy atom. The lowest BCUT2D eigenvalue weighted by Crippen LogP contribution is -2.37. The van der Waals surface area contributed by atoms with Crippen LogP contribution in [0.5, 0.6) is 5.88 Å². The minimum absolute atomic E-state index is 0.618. The van der Waals surface area contributed by atoms with Crippen LogP contribution in [0.1, 0.15) is 19.2 Å². The minimum atomic E-state index is 0.618. The Morgan fingerprint density at radius 3 is 2.85 bits per heavy atom. The summed E-state index contributed by atoms with van der Waals surface area (Å²) in [6.07, 6.45) is 1.90. The van der Waals surface area contributed by atoms with E-state index in [4.69, 9.17) is 9.47 Å². The van der Waals surface area contributed by atoms with E-state index in [-0.39, 0.29) is 0 Å². The number of aryl methyl sites for hydroxylation is 1. The van der Waals surface area contributed by atoms with Gasteiger partial charge < -0.3 is 14.8 Å². The zero-order valence-corrected chi connectivity index (χ0v) is 12.4. The van der Waals surface area contributed by atoms with E-state index in [1.54, 1.807) is 7.11 Å². The van der Waals surface area contributed by atoms with Crippen LogP contribution in [-0.2, 0) is 11.2 Å². The van der Waals surface area contributed by atoms with Gasteiger partial charge in [0.1, 0.15) is 11.6 Å². The molecule has 1 fully saturated rings. The molecule has 0 unspecified atom stereocenters. The van der Waals surface area contributed by atoms with Gasteiger partial charge in [-0.05, 0) is 13.0 Å². The van der Waals surface area contributed by atoms with Crippen molar-refractivity contribution in [3.05, 3.63) is 11.9 Å². The fourth-order valence-electron chi connectivity index (χ4n) is 2.17. The summed E-state index contributed by atoms with van der Waals surface area (Å²) in [5.74, 6) is 2.27. The van der Waals surface area contributed by atoms with Crippen molar-refractivity contribution in [2.75, 3.05) is 51.8 Å². The first-order valence-electron chi connectivity index (χ1n) is 7.27. The van der Waals surface area contributed by atoms with Gasteiger partial charge in [-0.25, -0.2) is 4.98 Å². The molecule has 1 aromatic heterocycles. The number of aromatic nitrogens is 2. The molecule has 0 atom stereocenters. The lowest BCUT2D eigenvalue weighted by molar-refractivity contribution is 0.0378. The molecule has 0 bridgehead atoms. The van der Waals surface area contributed by atoms with Gasteiger partial charge in [0.2, 0.25) is 5.88 Å². The third kappa shape index (κ3) is 4.61. The molecule has 2 rings (SSSR count). The molecule has 112 valence electrons. The molecule has 0 saturated carbocycles. The molecule has 6 heteroatoms. The van der Waals surface area contributed by atoms with E-state index in [9.17, 15) is 0 Å². The summed E-state index contributed by atoms with van der Waals surface area (Å²) in [6, 6.07) is 1.84. The fourth-order valence-corrected chi connectivity index (χ4v) is 2.17. The first-order chi connectivity index (χ1) is 9.81. The Kier molecular flexibility index (Phi) is 6.01. The van der Waals surface area contributed by atoms with E-state index >= 15 is 0 Å². The molecule has 1 saturated heterocycles. The van der Waals surface area contributed by atoms with Gasteiger partial charge in [0, 0.05) is 32.1 Å². The second-order valence-electron chi connectivity index (χ2n) is 4.80. The van der Waals surface area contributed by atoms with Crippen LogP contribution in [0.2, 0.25) is 0 Å². The summed E-state index contributed by atoms with van der Waals surface area (Å²) in [5, 5.41) is 3.34. The molecule has 0 aromatic carbocycles. The number of morpholine rings is 1. The van der Waals surface area contributed by atoms with Gasteiger partial charge in [-0.2, -0.15) is 4.98 Å². The predicted octanol–water partition coefficient (Wildman–Crippen LogP) is 1.18. The Labute approximate surface area is 120 Å². The maximum Gasteiger partial charge on any atom is 0.218 e. The van der Waals surface area contributed by atoms with Crippen LogP contribution in [0.25, 0.3) is 0 Å². The normalized spacial score (nSPS) is 16.1. The number of methoxy groups -OCH3 is 1. The van der Waals surface area contributed by atoms with Crippen LogP contribution in [0, 0.1) is 0 Å². The van der Waals surface area contributed by atoms with Crippen LogP contribution in [0.4, 0.5) is 5.82 Å². The van der Waals surface area contributed by atoms with Gasteiger partial charge >= 0.3 is 0 Å². The van der Waals surface area contributed by atoms with Crippen molar-refractivity contribution >= 4 is 5.82 Å². The zero-order valence-electron chi connectivity index (χ0n) is 12.4. The molecule has 6 nitrogen and oxygen atoms in total. The van der Waals surface area contributed by atoms with Gasteiger partial charge in [-0.15, -0.1) is 0 Å². The van der Waals surface area contributed by atoms with E-state index in [1.165, 1.54) is 0 Å². The van der Waals surface area contributed by atoms with Crippen LogP contribution >= 0.6 is 0 Å². The van der Waals surface area contributed by atoms with Crippen molar-refractivity contribution in [3.8, 4) is 5.88 Å². The molecule has 0 amide bonds. The van der Waals surface area contributed by atoms with Gasteiger partial charge in [0.25, 0.3) is 0 Å². The second kappa shape index (κ2) is 8.01. The van der Waals surface area contributed by atoms with Crippen molar-refractivity contribution in [2.45, 2.75) is 19.8 Å². The lowest BCUT2D eigenvalue weighted by atomic mass is 10.3. The third-order valence-electron chi connectivity index (χ3n) is 3.34. The first-order valence-corrected chi connectivity index (χ1v) is 7.27. The highest BCUT2D eigenvalue weighted by molar-refractivity contribution is 5.38. The SMILES string of the molecule is CCc1nc(NCCCN2CCOCC2)cc(OC)n1. The number of hydrogen-bond donors (Lipinski definition) is 1. The molecule has 1 aliphatic rings. The summed E-state index contributed by atoms with van der Waals surface area (Å²) in [6.45, 7) is 7.84. The summed E-state index contributed by atoms with van der Waals surface area (Å²) >= 11 is 0. The van der Waals surface area contributed by atoms with Crippen molar-refractivity contribution in [1.82, 2.24) is 14.9 Å². The summed E-state index contributed by atoms with van der Waals surface area (Å²) in [7, 11) is 1.63. The average Bonchev–Trinajstić information content (AvgIpc) is 2.52. The number of nitrogens with zero attached hydrogens (tertiary/aromatic N) is 3. The summed E-state index contributed by atoms with van der Waals surface area (Å²) < 4.78 is 10.5. The standard InChI is InChI=1S/C14H24N4O2/c1-3-12-16-13(11-14(17-12)19-2)15-5-4-6-18-7-9-20-10-8-18/h11H,3-10H2,1-2H3,(H,15,16,17). The molecule has 1 aromatic rings. The molecule has 20 heavy (non-hydrogen) atoms. The van der Waals surface area contributed by atoms with Gasteiger partial charge in [-0.1, -0.05) is 6.92 Å². The Balaban J connectivity index is 1.75. The minimum Gasteiger partial charge on any atom is -0.481 e. The molecular weight excluding hydrogens is 256 g/mol. The van der Waals surface area contributed by atoms with Crippen LogP contribution in [0.3, 0.4) is 0 Å². The van der Waals surface area contributed by atoms with E-state index in [2.05, 4.69) is 20.2 Å². The van der Waals surface area contributed by atoms with Gasteiger partial charge in [0.05, 0.1) is 20.3 Å². The summed E-state index contributed by atoms with van der Waals surface area (Å²) in [4.78, 5) is 11.2. The second-order valence-corrected chi connectivity index (χ2v) is 4.80. The zero-order chi connectivity index (χ0) is 14.2. The van der Waals surface area contributed by atoms with Crippen LogP contribution in [0.15, 0.2) is 6.07 Å². The molecular formula is C14H24N4O2. The number of ether oxygens (including phenoxy) is 2. The molecule has 1 aliphatic heterocycles. The molecule has 0 spiro atoms. The quantitative estimate of drug-likeness (QED) is 0.757. The lowest BCUT2D eigenvalue weighted by Gasteiger charge is -2.26. The van der Waals surface area contributed by atoms with Crippen LogP contribution < -0.4 is 10.1 Å². The maximum atomic E-state index is 5.34. The van der Waals surface area contributed by atoms with Crippen molar-refractivity contribution < 1.29 is 9.47 Å². The van der Waals surface area contributed by atoms with Crippen molar-refractivity contribution in [3.63, 3.8) is 0 Å². The number of rotatable bonds is 7. The summed E-state index contributed by atoms with van der Waals surface area (Å²) in [5.41, 5.74) is 0. The highest BCUT2D eigenvalue weighted by atomic mass is 16.5. The fraction of sp³-hybridized carbons (Fsp3) is 0.714.